The molecule has 0 saturated carbocycles. The minimum absolute atomic E-state index is 0.0215. The molecule has 0 bridgehead atoms. The number of hydrogen-bond donors (Lipinski definition) is 0. The molecule has 0 saturated heterocycles. The average Bonchev–Trinajstić information content (AvgIpc) is 2.29. The number of rotatable bonds is 3. The van der Waals surface area contributed by atoms with Crippen LogP contribution in [-0.4, -0.2) is 34.7 Å². The third-order valence-electron chi connectivity index (χ3n) is 2.63. The van der Waals surface area contributed by atoms with Gasteiger partial charge in [-0.2, -0.15) is 18.0 Å². The minimum Gasteiger partial charge on any atom is -0.372 e. The minimum atomic E-state index is -4.44. The van der Waals surface area contributed by atoms with Crippen molar-refractivity contribution >= 4 is 5.71 Å². The molecule has 0 unspecified atom stereocenters. The molecule has 0 atom stereocenters. The average molecular weight is 245 g/mol. The molecule has 0 amide bonds. The van der Waals surface area contributed by atoms with Crippen molar-refractivity contribution in [2.45, 2.75) is 26.4 Å². The Hall–Kier alpha value is -1.55. The summed E-state index contributed by atoms with van der Waals surface area (Å²) in [7, 11) is 0. The van der Waals surface area contributed by atoms with E-state index in [1.807, 2.05) is 0 Å². The fourth-order valence-corrected chi connectivity index (χ4v) is 1.77. The van der Waals surface area contributed by atoms with Crippen LogP contribution < -0.4 is 0 Å². The fraction of sp³-hybridized carbons (Fsp3) is 0.545. The van der Waals surface area contributed by atoms with Gasteiger partial charge in [-0.25, -0.2) is 0 Å². The van der Waals surface area contributed by atoms with Crippen molar-refractivity contribution in [2.24, 2.45) is 0 Å². The molecule has 0 N–H and O–H groups in total. The summed E-state index contributed by atoms with van der Waals surface area (Å²) in [5.74, 6) is 0. The Labute approximate surface area is 97.8 Å². The molecule has 6 heteroatoms. The van der Waals surface area contributed by atoms with Crippen LogP contribution in [0.5, 0.6) is 0 Å². The zero-order valence-electron chi connectivity index (χ0n) is 9.75. The van der Waals surface area contributed by atoms with Crippen LogP contribution in [0, 0.1) is 0 Å². The Morgan fingerprint density at radius 3 is 2.35 bits per heavy atom. The van der Waals surface area contributed by atoms with E-state index in [-0.39, 0.29) is 17.8 Å². The number of halogens is 3. The molecular weight excluding hydrogens is 231 g/mol. The van der Waals surface area contributed by atoms with E-state index in [0.29, 0.717) is 13.1 Å². The van der Waals surface area contributed by atoms with E-state index < -0.39 is 11.7 Å². The van der Waals surface area contributed by atoms with Gasteiger partial charge >= 0.3 is 6.18 Å². The first-order valence-electron chi connectivity index (χ1n) is 5.39. The van der Waals surface area contributed by atoms with Gasteiger partial charge in [0, 0.05) is 24.9 Å². The Balaban J connectivity index is 3.18. The van der Waals surface area contributed by atoms with Crippen molar-refractivity contribution < 1.29 is 18.0 Å². The van der Waals surface area contributed by atoms with Crippen molar-refractivity contribution in [3.8, 4) is 0 Å². The predicted octanol–water partition coefficient (Wildman–Crippen LogP) is 2.78. The second-order valence-electron chi connectivity index (χ2n) is 3.61. The van der Waals surface area contributed by atoms with Crippen LogP contribution in [0.25, 0.3) is 5.53 Å². The van der Waals surface area contributed by atoms with Gasteiger partial charge in [-0.3, -0.25) is 0 Å². The van der Waals surface area contributed by atoms with E-state index in [9.17, 15) is 13.2 Å². The lowest BCUT2D eigenvalue weighted by Gasteiger charge is -2.28. The largest absolute Gasteiger partial charge is 0.418 e. The Morgan fingerprint density at radius 1 is 1.35 bits per heavy atom. The fourth-order valence-electron chi connectivity index (χ4n) is 1.77. The highest BCUT2D eigenvalue weighted by atomic mass is 19.4. The van der Waals surface area contributed by atoms with Crippen molar-refractivity contribution in [1.82, 2.24) is 4.90 Å². The monoisotopic (exact) mass is 245 g/mol. The highest BCUT2D eigenvalue weighted by Crippen LogP contribution is 2.35. The topological polar surface area (TPSA) is 39.6 Å². The van der Waals surface area contributed by atoms with Gasteiger partial charge in [-0.1, -0.05) is 0 Å². The van der Waals surface area contributed by atoms with Gasteiger partial charge in [0.15, 0.2) is 0 Å². The van der Waals surface area contributed by atoms with E-state index in [1.165, 1.54) is 6.08 Å². The van der Waals surface area contributed by atoms with Crippen LogP contribution in [-0.2, 0) is 0 Å². The summed E-state index contributed by atoms with van der Waals surface area (Å²) < 4.78 is 38.6. The highest BCUT2D eigenvalue weighted by Gasteiger charge is 2.40. The van der Waals surface area contributed by atoms with Crippen molar-refractivity contribution in [3.05, 3.63) is 29.0 Å². The molecule has 0 heterocycles. The van der Waals surface area contributed by atoms with Gasteiger partial charge in [-0.15, -0.1) is 0 Å². The number of nitrogens with zero attached hydrogens (tertiary/aromatic N) is 3. The maximum absolute atomic E-state index is 12.9. The molecule has 1 aliphatic carbocycles. The maximum atomic E-state index is 12.9. The van der Waals surface area contributed by atoms with Crippen molar-refractivity contribution in [1.29, 1.82) is 0 Å². The first kappa shape index (κ1) is 13.5. The van der Waals surface area contributed by atoms with Gasteiger partial charge in [-0.05, 0) is 19.9 Å². The predicted molar refractivity (Wildman–Crippen MR) is 58.4 cm³/mol. The van der Waals surface area contributed by atoms with Crippen LogP contribution in [0.2, 0.25) is 0 Å². The summed E-state index contributed by atoms with van der Waals surface area (Å²) in [6, 6.07) is 0. The molecule has 1 aliphatic rings. The summed E-state index contributed by atoms with van der Waals surface area (Å²) in [4.78, 5) is 4.47. The quantitative estimate of drug-likeness (QED) is 0.556. The number of allylic oxidation sites excluding steroid dienone is 3. The summed E-state index contributed by atoms with van der Waals surface area (Å²) in [5, 5.41) is 0. The Morgan fingerprint density at radius 2 is 1.94 bits per heavy atom. The molecule has 1 rings (SSSR count). The van der Waals surface area contributed by atoms with E-state index >= 15 is 0 Å². The lowest BCUT2D eigenvalue weighted by Crippen LogP contribution is -2.30. The molecule has 0 aromatic carbocycles. The molecule has 94 valence electrons. The van der Waals surface area contributed by atoms with Gasteiger partial charge in [0.1, 0.15) is 0 Å². The zero-order valence-corrected chi connectivity index (χ0v) is 9.75. The lowest BCUT2D eigenvalue weighted by molar-refractivity contribution is -0.0919. The summed E-state index contributed by atoms with van der Waals surface area (Å²) in [6.45, 7) is 4.60. The molecule has 17 heavy (non-hydrogen) atoms. The second kappa shape index (κ2) is 5.19. The van der Waals surface area contributed by atoms with E-state index in [0.717, 1.165) is 6.08 Å². The third kappa shape index (κ3) is 2.97. The van der Waals surface area contributed by atoms with Crippen LogP contribution in [0.3, 0.4) is 0 Å². The first-order chi connectivity index (χ1) is 7.93. The number of alkyl halides is 3. The van der Waals surface area contributed by atoms with Crippen LogP contribution >= 0.6 is 0 Å². The third-order valence-corrected chi connectivity index (χ3v) is 2.63. The zero-order chi connectivity index (χ0) is 13.1. The Bertz CT molecular complexity index is 397. The number of likely N-dealkylation sites (N-methyl/N-ethyl adjacent to an activating group) is 1. The molecule has 0 aromatic heterocycles. The van der Waals surface area contributed by atoms with Gasteiger partial charge in [0.25, 0.3) is 5.71 Å². The normalized spacial score (nSPS) is 16.2. The van der Waals surface area contributed by atoms with Crippen LogP contribution in [0.4, 0.5) is 13.2 Å². The molecule has 0 aromatic rings. The molecule has 0 fully saturated rings. The van der Waals surface area contributed by atoms with Crippen molar-refractivity contribution in [3.63, 3.8) is 0 Å². The van der Waals surface area contributed by atoms with E-state index in [4.69, 9.17) is 5.53 Å². The summed E-state index contributed by atoms with van der Waals surface area (Å²) >= 11 is 0. The molecular formula is C11H14F3N3. The van der Waals surface area contributed by atoms with Crippen molar-refractivity contribution in [2.75, 3.05) is 13.1 Å². The van der Waals surface area contributed by atoms with Gasteiger partial charge < -0.3 is 10.4 Å². The molecule has 3 nitrogen and oxygen atoms in total. The summed E-state index contributed by atoms with van der Waals surface area (Å²) in [6.07, 6.45) is -1.88. The molecule has 0 spiro atoms. The van der Waals surface area contributed by atoms with E-state index in [2.05, 4.69) is 4.79 Å². The molecule has 0 radical (unpaired) electrons. The van der Waals surface area contributed by atoms with Crippen LogP contribution in [0.1, 0.15) is 20.3 Å². The Kier molecular flexibility index (Phi) is 4.12. The maximum Gasteiger partial charge on any atom is 0.418 e. The molecule has 0 aliphatic heterocycles. The smallest absolute Gasteiger partial charge is 0.372 e. The standard InChI is InChI=1S/C11H14F3N3/c1-3-17(4-2)10-6-5-8(16-15)7-9(10)11(12,13)14/h6-7H,3-5H2,1-2H3. The van der Waals surface area contributed by atoms with Gasteiger partial charge in [0.2, 0.25) is 0 Å². The second-order valence-corrected chi connectivity index (χ2v) is 3.61. The highest BCUT2D eigenvalue weighted by molar-refractivity contribution is 5.94. The van der Waals surface area contributed by atoms with Gasteiger partial charge in [0.05, 0.1) is 12.0 Å². The first-order valence-corrected chi connectivity index (χ1v) is 5.39. The SMILES string of the molecule is CCN(CC)C1=CCC(=[N+]=[N-])C=C1C(F)(F)F. The van der Waals surface area contributed by atoms with Crippen LogP contribution in [0.15, 0.2) is 23.4 Å². The van der Waals surface area contributed by atoms with E-state index in [1.54, 1.807) is 18.7 Å². The summed E-state index contributed by atoms with van der Waals surface area (Å²) in [5.41, 5.74) is 7.98. The lowest BCUT2D eigenvalue weighted by atomic mass is 10.00. The number of hydrogen-bond acceptors (Lipinski definition) is 1.